The highest BCUT2D eigenvalue weighted by Gasteiger charge is 2.52. The number of benzene rings is 3. The Kier molecular flexibility index (Phi) is 11.3. The van der Waals surface area contributed by atoms with Crippen molar-refractivity contribution in [1.29, 1.82) is 0 Å². The predicted molar refractivity (Wildman–Crippen MR) is 159 cm³/mol. The summed E-state index contributed by atoms with van der Waals surface area (Å²) in [7, 11) is 0. The number of hydrogen-bond acceptors (Lipinski definition) is 12. The molecule has 0 bridgehead atoms. The molecule has 3 aromatic carbocycles. The van der Waals surface area contributed by atoms with E-state index in [0.29, 0.717) is 0 Å². The Bertz CT molecular complexity index is 1450. The maximum Gasteiger partial charge on any atom is 0.338 e. The van der Waals surface area contributed by atoms with Crippen molar-refractivity contribution in [1.82, 2.24) is 0 Å². The van der Waals surface area contributed by atoms with Gasteiger partial charge in [-0.3, -0.25) is 0 Å². The molecule has 12 heteroatoms. The molecule has 2 N–H and O–H groups in total. The van der Waals surface area contributed by atoms with Gasteiger partial charge in [-0.2, -0.15) is 0 Å². The molecule has 12 nitrogen and oxygen atoms in total. The summed E-state index contributed by atoms with van der Waals surface area (Å²) in [6, 6.07) is 24.6. The van der Waals surface area contributed by atoms with Crippen LogP contribution < -0.4 is 0 Å². The van der Waals surface area contributed by atoms with Crippen LogP contribution in [-0.2, 0) is 33.2 Å². The molecule has 3 aromatic rings. The summed E-state index contributed by atoms with van der Waals surface area (Å²) in [4.78, 5) is 39.2. The standard InChI is InChI=1S/C34H34O12/c1-2-18-40-33-27(36)26(35)24(43-33)19-42-34-29(46-32(39)23-16-10-5-11-17-23)28(45-31(38)22-14-8-4-9-15-22)25(44-34)20-41-30(37)21-12-6-3-7-13-21/h2-17,24-29,33-36H,1,18-20H2/t24-,25-,26-,27+,28-,29+,33+,34+/m0/s1. The summed E-state index contributed by atoms with van der Waals surface area (Å²) < 4.78 is 40.2. The van der Waals surface area contributed by atoms with Gasteiger partial charge in [0.25, 0.3) is 0 Å². The lowest BCUT2D eigenvalue weighted by Crippen LogP contribution is -2.43. The number of aliphatic hydroxyl groups excluding tert-OH is 2. The number of esters is 3. The molecule has 0 unspecified atom stereocenters. The van der Waals surface area contributed by atoms with Crippen molar-refractivity contribution in [2.45, 2.75) is 49.2 Å². The van der Waals surface area contributed by atoms with Crippen LogP contribution in [-0.4, -0.2) is 97.1 Å². The van der Waals surface area contributed by atoms with E-state index < -0.39 is 73.7 Å². The zero-order valence-corrected chi connectivity index (χ0v) is 24.7. The van der Waals surface area contributed by atoms with Gasteiger partial charge < -0.3 is 43.4 Å². The van der Waals surface area contributed by atoms with Gasteiger partial charge in [-0.05, 0) is 36.4 Å². The smallest absolute Gasteiger partial charge is 0.338 e. The average molecular weight is 635 g/mol. The monoisotopic (exact) mass is 634 g/mol. The highest BCUT2D eigenvalue weighted by Crippen LogP contribution is 2.31. The molecule has 2 saturated heterocycles. The van der Waals surface area contributed by atoms with Crippen molar-refractivity contribution in [3.05, 3.63) is 120 Å². The first-order valence-corrected chi connectivity index (χ1v) is 14.6. The van der Waals surface area contributed by atoms with E-state index in [1.54, 1.807) is 91.0 Å². The minimum Gasteiger partial charge on any atom is -0.459 e. The molecule has 242 valence electrons. The van der Waals surface area contributed by atoms with E-state index in [-0.39, 0.29) is 29.9 Å². The van der Waals surface area contributed by atoms with Crippen LogP contribution in [0.3, 0.4) is 0 Å². The molecule has 0 aromatic heterocycles. The second-order valence-electron chi connectivity index (χ2n) is 10.5. The first-order chi connectivity index (χ1) is 22.4. The zero-order valence-electron chi connectivity index (χ0n) is 24.7. The lowest BCUT2D eigenvalue weighted by molar-refractivity contribution is -0.204. The fraction of sp³-hybridized carbons (Fsp3) is 0.324. The molecule has 0 radical (unpaired) electrons. The van der Waals surface area contributed by atoms with Crippen molar-refractivity contribution in [2.75, 3.05) is 19.8 Å². The molecule has 5 rings (SSSR count). The van der Waals surface area contributed by atoms with Gasteiger partial charge in [0.05, 0.1) is 29.9 Å². The Morgan fingerprint density at radius 3 is 1.67 bits per heavy atom. The van der Waals surface area contributed by atoms with Crippen LogP contribution in [0.25, 0.3) is 0 Å². The third-order valence-electron chi connectivity index (χ3n) is 7.28. The second-order valence-corrected chi connectivity index (χ2v) is 10.5. The number of ether oxygens (including phenoxy) is 7. The Morgan fingerprint density at radius 2 is 1.13 bits per heavy atom. The third-order valence-corrected chi connectivity index (χ3v) is 7.28. The molecule has 2 aliphatic rings. The van der Waals surface area contributed by atoms with Crippen molar-refractivity contribution < 1.29 is 57.8 Å². The van der Waals surface area contributed by atoms with Crippen molar-refractivity contribution in [2.24, 2.45) is 0 Å². The van der Waals surface area contributed by atoms with Gasteiger partial charge in [0.15, 0.2) is 24.8 Å². The molecule has 0 spiro atoms. The van der Waals surface area contributed by atoms with E-state index in [2.05, 4.69) is 6.58 Å². The summed E-state index contributed by atoms with van der Waals surface area (Å²) in [5, 5.41) is 20.9. The van der Waals surface area contributed by atoms with Gasteiger partial charge in [-0.15, -0.1) is 6.58 Å². The number of carbonyl (C=O) groups is 3. The first kappa shape index (κ1) is 32.9. The summed E-state index contributed by atoms with van der Waals surface area (Å²) in [5.74, 6) is -2.15. The number of aliphatic hydroxyl groups is 2. The lowest BCUT2D eigenvalue weighted by atomic mass is 10.1. The largest absolute Gasteiger partial charge is 0.459 e. The van der Waals surface area contributed by atoms with Crippen molar-refractivity contribution >= 4 is 17.9 Å². The van der Waals surface area contributed by atoms with Crippen molar-refractivity contribution in [3.63, 3.8) is 0 Å². The maximum absolute atomic E-state index is 13.2. The first-order valence-electron chi connectivity index (χ1n) is 14.6. The summed E-state index contributed by atoms with van der Waals surface area (Å²) in [6.07, 6.45) is -8.63. The highest BCUT2D eigenvalue weighted by atomic mass is 16.8. The molecule has 0 amide bonds. The van der Waals surface area contributed by atoms with E-state index in [1.165, 1.54) is 6.08 Å². The molecule has 8 atom stereocenters. The number of rotatable bonds is 13. The third kappa shape index (κ3) is 8.04. The molecular formula is C34H34O12. The quantitative estimate of drug-likeness (QED) is 0.161. The lowest BCUT2D eigenvalue weighted by Gasteiger charge is -2.25. The molecule has 46 heavy (non-hydrogen) atoms. The van der Waals surface area contributed by atoms with E-state index >= 15 is 0 Å². The van der Waals surface area contributed by atoms with Crippen LogP contribution in [0.5, 0.6) is 0 Å². The highest BCUT2D eigenvalue weighted by molar-refractivity contribution is 5.91. The fourth-order valence-corrected chi connectivity index (χ4v) is 4.92. The normalized spacial score (nSPS) is 27.1. The molecule has 2 fully saturated rings. The summed E-state index contributed by atoms with van der Waals surface area (Å²) in [6.45, 7) is 2.89. The topological polar surface area (TPSA) is 156 Å². The van der Waals surface area contributed by atoms with Gasteiger partial charge in [0.1, 0.15) is 31.0 Å². The Morgan fingerprint density at radius 1 is 0.630 bits per heavy atom. The van der Waals surface area contributed by atoms with E-state index in [1.807, 2.05) is 0 Å². The van der Waals surface area contributed by atoms with Crippen LogP contribution in [0.4, 0.5) is 0 Å². The molecule has 2 heterocycles. The summed E-state index contributed by atoms with van der Waals surface area (Å²) in [5.41, 5.74) is 0.729. The summed E-state index contributed by atoms with van der Waals surface area (Å²) >= 11 is 0. The molecule has 0 aliphatic carbocycles. The van der Waals surface area contributed by atoms with Gasteiger partial charge in [-0.25, -0.2) is 14.4 Å². The maximum atomic E-state index is 13.2. The van der Waals surface area contributed by atoms with Crippen molar-refractivity contribution in [3.8, 4) is 0 Å². The van der Waals surface area contributed by atoms with E-state index in [9.17, 15) is 24.6 Å². The fourth-order valence-electron chi connectivity index (χ4n) is 4.92. The van der Waals surface area contributed by atoms with Crippen LogP contribution in [0.1, 0.15) is 31.1 Å². The van der Waals surface area contributed by atoms with Crippen LogP contribution in [0, 0.1) is 0 Å². The number of carbonyl (C=O) groups excluding carboxylic acids is 3. The van der Waals surface area contributed by atoms with Gasteiger partial charge >= 0.3 is 17.9 Å². The Balaban J connectivity index is 1.38. The molecule has 2 aliphatic heterocycles. The van der Waals surface area contributed by atoms with Gasteiger partial charge in [-0.1, -0.05) is 60.7 Å². The minimum absolute atomic E-state index is 0.0725. The van der Waals surface area contributed by atoms with Crippen LogP contribution >= 0.6 is 0 Å². The molecule has 0 saturated carbocycles. The van der Waals surface area contributed by atoms with Crippen LogP contribution in [0.2, 0.25) is 0 Å². The van der Waals surface area contributed by atoms with E-state index in [0.717, 1.165) is 0 Å². The van der Waals surface area contributed by atoms with Crippen LogP contribution in [0.15, 0.2) is 104 Å². The van der Waals surface area contributed by atoms with Gasteiger partial charge in [0, 0.05) is 0 Å². The number of hydrogen-bond donors (Lipinski definition) is 2. The minimum atomic E-state index is -1.38. The molecular weight excluding hydrogens is 600 g/mol. The SMILES string of the molecule is C=CCO[C@@H]1O[C@@H](CO[C@@H]2O[C@@H](COC(=O)c3ccccc3)[C@H](OC(=O)c3ccccc3)[C@H]2OC(=O)c2ccccc2)[C@H](O)[C@H]1O. The zero-order chi connectivity index (χ0) is 32.5. The second kappa shape index (κ2) is 15.7. The Labute approximate surface area is 265 Å². The van der Waals surface area contributed by atoms with E-state index in [4.69, 9.17) is 33.2 Å². The van der Waals surface area contributed by atoms with Gasteiger partial charge in [0.2, 0.25) is 0 Å². The average Bonchev–Trinajstić information content (AvgIpc) is 3.56. The predicted octanol–water partition coefficient (Wildman–Crippen LogP) is 2.69. The Hall–Kier alpha value is -4.43.